The molecular formula is C11H13N5O2. The van der Waals surface area contributed by atoms with Gasteiger partial charge in [-0.2, -0.15) is 0 Å². The van der Waals surface area contributed by atoms with Crippen LogP contribution in [0, 0.1) is 5.92 Å². The van der Waals surface area contributed by atoms with E-state index in [-0.39, 0.29) is 5.92 Å². The molecule has 1 atom stereocenters. The van der Waals surface area contributed by atoms with E-state index in [0.717, 1.165) is 11.5 Å². The fraction of sp³-hybridized carbons (Fsp3) is 0.455. The lowest BCUT2D eigenvalue weighted by Crippen LogP contribution is -2.27. The van der Waals surface area contributed by atoms with E-state index < -0.39 is 5.97 Å². The molecule has 0 aromatic carbocycles. The quantitative estimate of drug-likeness (QED) is 0.826. The lowest BCUT2D eigenvalue weighted by molar-refractivity contribution is -0.142. The van der Waals surface area contributed by atoms with Crippen LogP contribution in [0.25, 0.3) is 11.5 Å². The van der Waals surface area contributed by atoms with Crippen LogP contribution in [0.4, 0.5) is 0 Å². The van der Waals surface area contributed by atoms with E-state index in [4.69, 9.17) is 5.11 Å². The Balaban J connectivity index is 2.03. The van der Waals surface area contributed by atoms with Crippen LogP contribution < -0.4 is 0 Å². The van der Waals surface area contributed by atoms with Crippen LogP contribution in [0.15, 0.2) is 12.5 Å². The molecule has 0 fully saturated rings. The van der Waals surface area contributed by atoms with Gasteiger partial charge >= 0.3 is 5.97 Å². The number of hydrogen-bond acceptors (Lipinski definition) is 4. The number of nitrogens with zero attached hydrogens (tertiary/aromatic N) is 5. The maximum absolute atomic E-state index is 11.1. The lowest BCUT2D eigenvalue weighted by atomic mass is 9.99. The second-order valence-electron chi connectivity index (χ2n) is 4.51. The summed E-state index contributed by atoms with van der Waals surface area (Å²) >= 11 is 0. The maximum Gasteiger partial charge on any atom is 0.308 e. The largest absolute Gasteiger partial charge is 0.481 e. The molecule has 0 amide bonds. The summed E-state index contributed by atoms with van der Waals surface area (Å²) < 4.78 is 3.74. The average Bonchev–Trinajstić information content (AvgIpc) is 2.93. The molecule has 7 nitrogen and oxygen atoms in total. The molecule has 0 saturated carbocycles. The summed E-state index contributed by atoms with van der Waals surface area (Å²) in [5.41, 5.74) is 0.847. The second-order valence-corrected chi connectivity index (χ2v) is 4.51. The van der Waals surface area contributed by atoms with Gasteiger partial charge in [-0.05, 0) is 6.42 Å². The third kappa shape index (κ3) is 1.59. The molecule has 18 heavy (non-hydrogen) atoms. The average molecular weight is 247 g/mol. The van der Waals surface area contributed by atoms with Gasteiger partial charge < -0.3 is 14.2 Å². The Labute approximate surface area is 103 Å². The van der Waals surface area contributed by atoms with E-state index >= 15 is 0 Å². The molecule has 0 radical (unpaired) electrons. The van der Waals surface area contributed by atoms with Crippen LogP contribution in [0.2, 0.25) is 0 Å². The third-order valence-electron chi connectivity index (χ3n) is 3.34. The normalized spacial score (nSPS) is 18.6. The topological polar surface area (TPSA) is 85.8 Å². The molecule has 0 spiro atoms. The van der Waals surface area contributed by atoms with E-state index in [9.17, 15) is 4.79 Å². The van der Waals surface area contributed by atoms with Crippen molar-refractivity contribution in [3.63, 3.8) is 0 Å². The molecule has 0 bridgehead atoms. The van der Waals surface area contributed by atoms with Crippen molar-refractivity contribution >= 4 is 5.97 Å². The minimum Gasteiger partial charge on any atom is -0.481 e. The molecule has 1 aliphatic heterocycles. The number of aromatic nitrogens is 5. The van der Waals surface area contributed by atoms with Crippen molar-refractivity contribution in [2.75, 3.05) is 0 Å². The zero-order chi connectivity index (χ0) is 12.7. The molecule has 2 aromatic rings. The number of carbonyl (C=O) groups is 1. The molecule has 2 aromatic heterocycles. The highest BCUT2D eigenvalue weighted by Crippen LogP contribution is 2.25. The minimum absolute atomic E-state index is 0.361. The summed E-state index contributed by atoms with van der Waals surface area (Å²) in [6.45, 7) is 0.429. The Kier molecular flexibility index (Phi) is 2.39. The second kappa shape index (κ2) is 3.94. The molecule has 0 saturated heterocycles. The van der Waals surface area contributed by atoms with Crippen molar-refractivity contribution in [1.29, 1.82) is 0 Å². The highest BCUT2D eigenvalue weighted by Gasteiger charge is 2.28. The predicted molar refractivity (Wildman–Crippen MR) is 61.7 cm³/mol. The van der Waals surface area contributed by atoms with E-state index in [0.29, 0.717) is 25.2 Å². The van der Waals surface area contributed by atoms with Crippen LogP contribution in [0.3, 0.4) is 0 Å². The molecule has 3 rings (SSSR count). The van der Waals surface area contributed by atoms with Crippen molar-refractivity contribution in [2.45, 2.75) is 19.4 Å². The number of imidazole rings is 1. The fourth-order valence-electron chi connectivity index (χ4n) is 2.29. The fourth-order valence-corrected chi connectivity index (χ4v) is 2.29. The van der Waals surface area contributed by atoms with Crippen molar-refractivity contribution in [3.8, 4) is 11.5 Å². The Hall–Kier alpha value is -2.18. The lowest BCUT2D eigenvalue weighted by Gasteiger charge is -2.20. The first-order chi connectivity index (χ1) is 8.66. The molecule has 0 aliphatic carbocycles. The van der Waals surface area contributed by atoms with Crippen molar-refractivity contribution < 1.29 is 9.90 Å². The van der Waals surface area contributed by atoms with Crippen LogP contribution in [0.1, 0.15) is 12.2 Å². The summed E-state index contributed by atoms with van der Waals surface area (Å²) in [6, 6.07) is 0. The summed E-state index contributed by atoms with van der Waals surface area (Å²) in [5.74, 6) is 0.422. The Morgan fingerprint density at radius 1 is 1.50 bits per heavy atom. The number of rotatable bonds is 2. The van der Waals surface area contributed by atoms with Gasteiger partial charge in [0.05, 0.1) is 18.4 Å². The van der Waals surface area contributed by atoms with Crippen LogP contribution in [0.5, 0.6) is 0 Å². The zero-order valence-electron chi connectivity index (χ0n) is 9.94. The van der Waals surface area contributed by atoms with Gasteiger partial charge in [-0.1, -0.05) is 0 Å². The summed E-state index contributed by atoms with van der Waals surface area (Å²) in [4.78, 5) is 15.1. The van der Waals surface area contributed by atoms with Gasteiger partial charge in [-0.15, -0.1) is 10.2 Å². The zero-order valence-corrected chi connectivity index (χ0v) is 9.94. The first-order valence-electron chi connectivity index (χ1n) is 5.78. The van der Waals surface area contributed by atoms with E-state index in [1.54, 1.807) is 12.5 Å². The highest BCUT2D eigenvalue weighted by molar-refractivity contribution is 5.70. The number of fused-ring (bicyclic) bond motifs is 1. The van der Waals surface area contributed by atoms with E-state index in [1.807, 2.05) is 16.2 Å². The van der Waals surface area contributed by atoms with Gasteiger partial charge in [0.1, 0.15) is 11.5 Å². The van der Waals surface area contributed by atoms with Crippen LogP contribution in [-0.2, 0) is 24.8 Å². The summed E-state index contributed by atoms with van der Waals surface area (Å²) in [6.07, 6.45) is 4.68. The van der Waals surface area contributed by atoms with Gasteiger partial charge in [0.2, 0.25) is 0 Å². The molecule has 1 aliphatic rings. The summed E-state index contributed by atoms with van der Waals surface area (Å²) in [5, 5.41) is 17.4. The van der Waals surface area contributed by atoms with Crippen molar-refractivity contribution in [3.05, 3.63) is 18.3 Å². The Morgan fingerprint density at radius 2 is 2.33 bits per heavy atom. The smallest absolute Gasteiger partial charge is 0.308 e. The van der Waals surface area contributed by atoms with E-state index in [2.05, 4.69) is 15.2 Å². The molecule has 94 valence electrons. The van der Waals surface area contributed by atoms with E-state index in [1.165, 1.54) is 0 Å². The maximum atomic E-state index is 11.1. The third-order valence-corrected chi connectivity index (χ3v) is 3.34. The molecule has 1 unspecified atom stereocenters. The van der Waals surface area contributed by atoms with Crippen LogP contribution in [-0.4, -0.2) is 35.4 Å². The molecule has 7 heteroatoms. The van der Waals surface area contributed by atoms with Gasteiger partial charge in [0.15, 0.2) is 5.82 Å². The molecular weight excluding hydrogens is 234 g/mol. The standard InChI is InChI=1S/C11H13N5O2/c1-15-6-12-4-8(15)10-14-13-9-3-2-7(11(17)18)5-16(9)10/h4,6-7H,2-3,5H2,1H3,(H,17,18). The van der Waals surface area contributed by atoms with Gasteiger partial charge in [-0.3, -0.25) is 4.79 Å². The predicted octanol–water partition coefficient (Wildman–Crippen LogP) is 0.326. The number of carboxylic acid groups (broad SMARTS) is 1. The number of aryl methyl sites for hydroxylation is 2. The SMILES string of the molecule is Cn1cncc1-c1nnc2n1CC(C(=O)O)CC2. The number of hydrogen-bond donors (Lipinski definition) is 1. The first kappa shape index (κ1) is 10.9. The number of carboxylic acids is 1. The Morgan fingerprint density at radius 3 is 3.00 bits per heavy atom. The first-order valence-corrected chi connectivity index (χ1v) is 5.78. The number of aliphatic carboxylic acids is 1. The molecule has 1 N–H and O–H groups in total. The van der Waals surface area contributed by atoms with Crippen molar-refractivity contribution in [2.24, 2.45) is 13.0 Å². The van der Waals surface area contributed by atoms with Gasteiger partial charge in [0, 0.05) is 20.0 Å². The monoisotopic (exact) mass is 247 g/mol. The minimum atomic E-state index is -0.759. The van der Waals surface area contributed by atoms with Crippen molar-refractivity contribution in [1.82, 2.24) is 24.3 Å². The van der Waals surface area contributed by atoms with Gasteiger partial charge in [0.25, 0.3) is 0 Å². The van der Waals surface area contributed by atoms with Crippen LogP contribution >= 0.6 is 0 Å². The summed E-state index contributed by atoms with van der Waals surface area (Å²) in [7, 11) is 1.88. The highest BCUT2D eigenvalue weighted by atomic mass is 16.4. The van der Waals surface area contributed by atoms with Gasteiger partial charge in [-0.25, -0.2) is 4.98 Å². The molecule has 3 heterocycles. The Bertz CT molecular complexity index is 600.